The van der Waals surface area contributed by atoms with Crippen molar-refractivity contribution in [1.29, 1.82) is 0 Å². The van der Waals surface area contributed by atoms with Crippen molar-refractivity contribution < 1.29 is 47.6 Å². The van der Waals surface area contributed by atoms with E-state index in [2.05, 4.69) is 9.82 Å². The number of nitrogens with one attached hydrogen (secondary N) is 2. The van der Waals surface area contributed by atoms with Gasteiger partial charge in [0.15, 0.2) is 11.8 Å². The highest BCUT2D eigenvalue weighted by atomic mass is 31.2. The van der Waals surface area contributed by atoms with E-state index < -0.39 is 74.4 Å². The van der Waals surface area contributed by atoms with Crippen molar-refractivity contribution in [3.8, 4) is 18.1 Å². The SMILES string of the molecule is C#C[C@@]1(O)[C@H](O)[C@@H](COP(=O)(N[C@@H](C)C(=O)OCOC(C)=O)Oc2ccccc2)O[C@H]1n1ccc(=O)[nH]c1=O. The molecule has 16 heteroatoms. The summed E-state index contributed by atoms with van der Waals surface area (Å²) in [5.74, 6) is 0.415. The van der Waals surface area contributed by atoms with Gasteiger partial charge in [-0.3, -0.25) is 28.5 Å². The zero-order valence-electron chi connectivity index (χ0n) is 20.7. The van der Waals surface area contributed by atoms with Gasteiger partial charge >= 0.3 is 25.4 Å². The van der Waals surface area contributed by atoms with E-state index in [1.54, 1.807) is 18.2 Å². The third-order valence-electron chi connectivity index (χ3n) is 5.36. The van der Waals surface area contributed by atoms with Crippen LogP contribution in [0.25, 0.3) is 0 Å². The quantitative estimate of drug-likeness (QED) is 0.116. The Morgan fingerprint density at radius 1 is 1.28 bits per heavy atom. The second-order valence-corrected chi connectivity index (χ2v) is 9.92. The highest BCUT2D eigenvalue weighted by molar-refractivity contribution is 7.52. The first kappa shape index (κ1) is 29.8. The number of aromatic nitrogens is 2. The molecule has 1 fully saturated rings. The lowest BCUT2D eigenvalue weighted by atomic mass is 9.95. The molecule has 210 valence electrons. The number of ether oxygens (including phenoxy) is 3. The van der Waals surface area contributed by atoms with Gasteiger partial charge in [0.2, 0.25) is 6.79 Å². The van der Waals surface area contributed by atoms with Crippen molar-refractivity contribution in [2.75, 3.05) is 13.4 Å². The minimum atomic E-state index is -4.44. The number of carbonyl (C=O) groups is 2. The molecule has 0 aliphatic carbocycles. The summed E-state index contributed by atoms with van der Waals surface area (Å²) in [5, 5.41) is 24.0. The van der Waals surface area contributed by atoms with Gasteiger partial charge in [0.05, 0.1) is 6.61 Å². The van der Waals surface area contributed by atoms with E-state index in [1.165, 1.54) is 19.1 Å². The summed E-state index contributed by atoms with van der Waals surface area (Å²) < 4.78 is 40.2. The van der Waals surface area contributed by atoms with Crippen molar-refractivity contribution in [3.05, 3.63) is 63.4 Å². The third kappa shape index (κ3) is 7.21. The number of terminal acetylenes is 1. The predicted octanol–water partition coefficient (Wildman–Crippen LogP) is -0.595. The summed E-state index contributed by atoms with van der Waals surface area (Å²) in [7, 11) is -4.44. The topological polar surface area (TPSA) is 205 Å². The number of aromatic amines is 1. The molecule has 1 unspecified atom stereocenters. The minimum absolute atomic E-state index is 0.0829. The maximum absolute atomic E-state index is 13.6. The number of benzene rings is 1. The average Bonchev–Trinajstić information content (AvgIpc) is 3.13. The molecule has 39 heavy (non-hydrogen) atoms. The molecule has 0 radical (unpaired) electrons. The van der Waals surface area contributed by atoms with Crippen LogP contribution < -0.4 is 20.9 Å². The van der Waals surface area contributed by atoms with Crippen LogP contribution in [0, 0.1) is 12.3 Å². The zero-order valence-corrected chi connectivity index (χ0v) is 21.6. The van der Waals surface area contributed by atoms with Crippen molar-refractivity contribution in [2.45, 2.75) is 43.9 Å². The van der Waals surface area contributed by atoms with Gasteiger partial charge in [-0.2, -0.15) is 5.09 Å². The van der Waals surface area contributed by atoms with E-state index in [0.29, 0.717) is 0 Å². The molecule has 15 nitrogen and oxygen atoms in total. The molecular formula is C23H26N3O12P. The number of para-hydroxylation sites is 1. The van der Waals surface area contributed by atoms with Crippen LogP contribution in [0.5, 0.6) is 5.75 Å². The fraction of sp³-hybridized carbons (Fsp3) is 0.391. The number of nitrogens with zero attached hydrogens (tertiary/aromatic N) is 1. The fourth-order valence-electron chi connectivity index (χ4n) is 3.42. The first-order valence-corrected chi connectivity index (χ1v) is 12.8. The Morgan fingerprint density at radius 2 is 1.97 bits per heavy atom. The molecule has 1 aliphatic rings. The maximum Gasteiger partial charge on any atom is 0.459 e. The number of H-pyrrole nitrogens is 1. The number of hydrogen-bond acceptors (Lipinski definition) is 12. The molecule has 1 saturated heterocycles. The highest BCUT2D eigenvalue weighted by Gasteiger charge is 2.56. The third-order valence-corrected chi connectivity index (χ3v) is 7.01. The summed E-state index contributed by atoms with van der Waals surface area (Å²) in [6.07, 6.45) is 1.46. The largest absolute Gasteiger partial charge is 0.459 e. The van der Waals surface area contributed by atoms with Gasteiger partial charge in [0.1, 0.15) is 24.0 Å². The van der Waals surface area contributed by atoms with Gasteiger partial charge in [0.25, 0.3) is 5.56 Å². The van der Waals surface area contributed by atoms with Gasteiger partial charge < -0.3 is 28.9 Å². The maximum atomic E-state index is 13.6. The van der Waals surface area contributed by atoms with Crippen LogP contribution in [0.2, 0.25) is 0 Å². The Balaban J connectivity index is 1.80. The molecule has 3 rings (SSSR count). The van der Waals surface area contributed by atoms with Crippen LogP contribution in [0.3, 0.4) is 0 Å². The lowest BCUT2D eigenvalue weighted by molar-refractivity contribution is -0.166. The smallest absolute Gasteiger partial charge is 0.428 e. The number of aliphatic hydroxyl groups is 2. The molecule has 0 spiro atoms. The second kappa shape index (κ2) is 12.4. The molecule has 0 saturated carbocycles. The van der Waals surface area contributed by atoms with Crippen LogP contribution in [-0.4, -0.2) is 69.0 Å². The average molecular weight is 567 g/mol. The Hall–Kier alpha value is -3.77. The molecular weight excluding hydrogens is 541 g/mol. The van der Waals surface area contributed by atoms with Crippen molar-refractivity contribution in [1.82, 2.24) is 14.6 Å². The number of carbonyl (C=O) groups excluding carboxylic acids is 2. The summed E-state index contributed by atoms with van der Waals surface area (Å²) in [5.41, 5.74) is -4.15. The van der Waals surface area contributed by atoms with Crippen molar-refractivity contribution in [3.63, 3.8) is 0 Å². The van der Waals surface area contributed by atoms with Gasteiger partial charge in [-0.05, 0) is 19.1 Å². The Morgan fingerprint density at radius 3 is 2.59 bits per heavy atom. The van der Waals surface area contributed by atoms with E-state index in [0.717, 1.165) is 23.8 Å². The molecule has 6 atom stereocenters. The lowest BCUT2D eigenvalue weighted by Gasteiger charge is -2.26. The first-order chi connectivity index (χ1) is 18.4. The number of hydrogen-bond donors (Lipinski definition) is 4. The Bertz CT molecular complexity index is 1390. The second-order valence-electron chi connectivity index (χ2n) is 8.22. The van der Waals surface area contributed by atoms with E-state index in [1.807, 2.05) is 10.9 Å². The summed E-state index contributed by atoms with van der Waals surface area (Å²) in [4.78, 5) is 48.8. The van der Waals surface area contributed by atoms with Crippen molar-refractivity contribution in [2.24, 2.45) is 0 Å². The summed E-state index contributed by atoms with van der Waals surface area (Å²) in [6.45, 7) is 0.996. The molecule has 4 N–H and O–H groups in total. The monoisotopic (exact) mass is 567 g/mol. The van der Waals surface area contributed by atoms with Crippen molar-refractivity contribution >= 4 is 19.7 Å². The fourth-order valence-corrected chi connectivity index (χ4v) is 4.92. The number of esters is 2. The number of rotatable bonds is 11. The lowest BCUT2D eigenvalue weighted by Crippen LogP contribution is -2.48. The van der Waals surface area contributed by atoms with E-state index in [-0.39, 0.29) is 5.75 Å². The van der Waals surface area contributed by atoms with Crippen LogP contribution >= 0.6 is 7.75 Å². The first-order valence-electron chi connectivity index (χ1n) is 11.3. The van der Waals surface area contributed by atoms with Crippen LogP contribution in [-0.2, 0) is 32.9 Å². The van der Waals surface area contributed by atoms with E-state index >= 15 is 0 Å². The van der Waals surface area contributed by atoms with Gasteiger partial charge in [-0.1, -0.05) is 24.1 Å². The molecule has 1 aromatic heterocycles. The molecule has 0 bridgehead atoms. The molecule has 2 heterocycles. The molecule has 2 aromatic rings. The van der Waals surface area contributed by atoms with Gasteiger partial charge in [0, 0.05) is 19.2 Å². The highest BCUT2D eigenvalue weighted by Crippen LogP contribution is 2.46. The van der Waals surface area contributed by atoms with Gasteiger partial charge in [-0.25, -0.2) is 9.36 Å². The number of aliphatic hydroxyl groups excluding tert-OH is 1. The van der Waals surface area contributed by atoms with Crippen LogP contribution in [0.15, 0.2) is 52.2 Å². The summed E-state index contributed by atoms with van der Waals surface area (Å²) in [6, 6.07) is 7.42. The van der Waals surface area contributed by atoms with Crippen LogP contribution in [0.1, 0.15) is 20.1 Å². The summed E-state index contributed by atoms with van der Waals surface area (Å²) >= 11 is 0. The standard InChI is InChI=1S/C23H26N3O12P/c1-4-23(32)19(29)17(37-21(23)26-11-10-18(28)24-22(26)31)12-36-39(33,38-16-8-6-5-7-9-16)25-14(2)20(30)35-13-34-15(3)27/h1,5-11,14,17,19,21,29,32H,12-13H2,2-3H3,(H,25,33)(H,24,28,31)/t14-,17+,19+,21+,23+,39?/m0/s1. The molecule has 1 aliphatic heterocycles. The Labute approximate surface area is 221 Å². The van der Waals surface area contributed by atoms with Crippen LogP contribution in [0.4, 0.5) is 0 Å². The normalized spacial score (nSPS) is 24.6. The molecule has 0 amide bonds. The zero-order chi connectivity index (χ0) is 28.8. The molecule has 1 aromatic carbocycles. The van der Waals surface area contributed by atoms with E-state index in [9.17, 15) is 34.0 Å². The Kier molecular flexibility index (Phi) is 9.46. The van der Waals surface area contributed by atoms with Gasteiger partial charge in [-0.15, -0.1) is 6.42 Å². The predicted molar refractivity (Wildman–Crippen MR) is 131 cm³/mol. The minimum Gasteiger partial charge on any atom is -0.428 e. The van der Waals surface area contributed by atoms with E-state index in [4.69, 9.17) is 24.9 Å².